The minimum atomic E-state index is 0.0191. The lowest BCUT2D eigenvalue weighted by Gasteiger charge is -2.32. The molecule has 0 spiro atoms. The summed E-state index contributed by atoms with van der Waals surface area (Å²) < 4.78 is 0. The van der Waals surface area contributed by atoms with Gasteiger partial charge in [-0.1, -0.05) is 13.8 Å². The van der Waals surface area contributed by atoms with Crippen molar-refractivity contribution in [1.82, 2.24) is 9.97 Å². The number of aldehydes is 1. The molecule has 0 aliphatic heterocycles. The summed E-state index contributed by atoms with van der Waals surface area (Å²) in [5.41, 5.74) is 4.75. The van der Waals surface area contributed by atoms with Crippen LogP contribution in [0.15, 0.2) is 30.6 Å². The number of pyridine rings is 1. The summed E-state index contributed by atoms with van der Waals surface area (Å²) in [6, 6.07) is 6.09. The topological polar surface area (TPSA) is 45.8 Å². The zero-order chi connectivity index (χ0) is 13.5. The summed E-state index contributed by atoms with van der Waals surface area (Å²) in [4.78, 5) is 18.9. The molecular weight excluding hydrogens is 236 g/mol. The van der Waals surface area contributed by atoms with E-state index < -0.39 is 0 Å². The molecule has 1 aliphatic rings. The van der Waals surface area contributed by atoms with Crippen LogP contribution in [0.3, 0.4) is 0 Å². The number of hydrogen-bond donors (Lipinski definition) is 1. The van der Waals surface area contributed by atoms with Crippen LogP contribution in [0, 0.1) is 5.41 Å². The van der Waals surface area contributed by atoms with E-state index in [0.29, 0.717) is 0 Å². The molecule has 0 amide bonds. The lowest BCUT2D eigenvalue weighted by Crippen LogP contribution is -2.25. The predicted octanol–water partition coefficient (Wildman–Crippen LogP) is 3.33. The Morgan fingerprint density at radius 3 is 2.79 bits per heavy atom. The van der Waals surface area contributed by atoms with Gasteiger partial charge in [-0.05, 0) is 42.0 Å². The predicted molar refractivity (Wildman–Crippen MR) is 74.9 cm³/mol. The van der Waals surface area contributed by atoms with E-state index in [4.69, 9.17) is 0 Å². The standard InChI is InChI=1S/C16H18N2O/c1-16(2)8-12(10-19)13-7-14(18-15(13)9-16)11-3-5-17-6-4-11/h3-7,10,12,18H,8-9H2,1-2H3. The molecule has 1 unspecified atom stereocenters. The van der Waals surface area contributed by atoms with Crippen molar-refractivity contribution in [1.29, 1.82) is 0 Å². The summed E-state index contributed by atoms with van der Waals surface area (Å²) in [5.74, 6) is 0.0191. The lowest BCUT2D eigenvalue weighted by molar-refractivity contribution is -0.109. The largest absolute Gasteiger partial charge is 0.358 e. The average Bonchev–Trinajstić information content (AvgIpc) is 2.81. The molecule has 0 bridgehead atoms. The summed E-state index contributed by atoms with van der Waals surface area (Å²) in [6.07, 6.45) is 6.59. The van der Waals surface area contributed by atoms with Crippen molar-refractivity contribution in [3.63, 3.8) is 0 Å². The second-order valence-corrected chi connectivity index (χ2v) is 6.14. The smallest absolute Gasteiger partial charge is 0.127 e. The van der Waals surface area contributed by atoms with Gasteiger partial charge in [0.1, 0.15) is 6.29 Å². The molecule has 2 aromatic heterocycles. The maximum atomic E-state index is 11.3. The van der Waals surface area contributed by atoms with Crippen molar-refractivity contribution < 1.29 is 4.79 Å². The number of rotatable bonds is 2. The highest BCUT2D eigenvalue weighted by Gasteiger charge is 2.33. The number of carbonyl (C=O) groups is 1. The van der Waals surface area contributed by atoms with Crippen molar-refractivity contribution in [2.24, 2.45) is 5.41 Å². The van der Waals surface area contributed by atoms with Gasteiger partial charge in [-0.15, -0.1) is 0 Å². The van der Waals surface area contributed by atoms with Crippen LogP contribution in [0.4, 0.5) is 0 Å². The number of aromatic amines is 1. The van der Waals surface area contributed by atoms with E-state index in [-0.39, 0.29) is 11.3 Å². The fraction of sp³-hybridized carbons (Fsp3) is 0.375. The first-order chi connectivity index (χ1) is 9.09. The van der Waals surface area contributed by atoms with Gasteiger partial charge in [0, 0.05) is 35.3 Å². The molecule has 3 heteroatoms. The quantitative estimate of drug-likeness (QED) is 0.835. The van der Waals surface area contributed by atoms with Gasteiger partial charge in [0.25, 0.3) is 0 Å². The molecule has 2 heterocycles. The van der Waals surface area contributed by atoms with Crippen molar-refractivity contribution in [3.05, 3.63) is 41.9 Å². The van der Waals surface area contributed by atoms with E-state index >= 15 is 0 Å². The van der Waals surface area contributed by atoms with Crippen LogP contribution in [0.5, 0.6) is 0 Å². The Morgan fingerprint density at radius 1 is 1.37 bits per heavy atom. The average molecular weight is 254 g/mol. The molecule has 98 valence electrons. The third-order valence-corrected chi connectivity index (χ3v) is 3.92. The number of nitrogens with one attached hydrogen (secondary N) is 1. The number of hydrogen-bond acceptors (Lipinski definition) is 2. The maximum Gasteiger partial charge on any atom is 0.127 e. The van der Waals surface area contributed by atoms with E-state index in [0.717, 1.165) is 30.4 Å². The Hall–Kier alpha value is -1.90. The monoisotopic (exact) mass is 254 g/mol. The van der Waals surface area contributed by atoms with E-state index in [9.17, 15) is 4.79 Å². The first-order valence-corrected chi connectivity index (χ1v) is 6.66. The summed E-state index contributed by atoms with van der Waals surface area (Å²) in [6.45, 7) is 4.44. The van der Waals surface area contributed by atoms with Gasteiger partial charge in [0.15, 0.2) is 0 Å². The van der Waals surface area contributed by atoms with Gasteiger partial charge in [-0.3, -0.25) is 4.98 Å². The Labute approximate surface area is 113 Å². The van der Waals surface area contributed by atoms with Gasteiger partial charge >= 0.3 is 0 Å². The molecule has 1 aliphatic carbocycles. The zero-order valence-electron chi connectivity index (χ0n) is 11.3. The normalized spacial score (nSPS) is 20.8. The van der Waals surface area contributed by atoms with Crippen LogP contribution in [-0.4, -0.2) is 16.3 Å². The molecule has 2 aromatic rings. The van der Waals surface area contributed by atoms with Crippen LogP contribution < -0.4 is 0 Å². The van der Waals surface area contributed by atoms with Crippen molar-refractivity contribution in [2.75, 3.05) is 0 Å². The highest BCUT2D eigenvalue weighted by Crippen LogP contribution is 2.42. The number of aromatic nitrogens is 2. The third-order valence-electron chi connectivity index (χ3n) is 3.92. The number of fused-ring (bicyclic) bond motifs is 1. The Balaban J connectivity index is 2.05. The van der Waals surface area contributed by atoms with Crippen molar-refractivity contribution in [3.8, 4) is 11.3 Å². The highest BCUT2D eigenvalue weighted by atomic mass is 16.1. The molecule has 3 rings (SSSR count). The third kappa shape index (κ3) is 2.21. The van der Waals surface area contributed by atoms with E-state index in [1.54, 1.807) is 12.4 Å². The second kappa shape index (κ2) is 4.34. The van der Waals surface area contributed by atoms with Crippen molar-refractivity contribution in [2.45, 2.75) is 32.6 Å². The summed E-state index contributed by atoms with van der Waals surface area (Å²) in [5, 5.41) is 0. The highest BCUT2D eigenvalue weighted by molar-refractivity contribution is 5.68. The molecule has 0 radical (unpaired) electrons. The van der Waals surface area contributed by atoms with Gasteiger partial charge in [0.2, 0.25) is 0 Å². The first-order valence-electron chi connectivity index (χ1n) is 6.66. The minimum absolute atomic E-state index is 0.0191. The van der Waals surface area contributed by atoms with Crippen LogP contribution >= 0.6 is 0 Å². The number of H-pyrrole nitrogens is 1. The van der Waals surface area contributed by atoms with E-state index in [2.05, 4.69) is 29.9 Å². The van der Waals surface area contributed by atoms with Crippen LogP contribution in [0.25, 0.3) is 11.3 Å². The lowest BCUT2D eigenvalue weighted by atomic mass is 9.72. The van der Waals surface area contributed by atoms with E-state index in [1.165, 1.54) is 11.3 Å². The molecule has 0 aromatic carbocycles. The van der Waals surface area contributed by atoms with Crippen LogP contribution in [0.2, 0.25) is 0 Å². The van der Waals surface area contributed by atoms with Gasteiger partial charge in [-0.2, -0.15) is 0 Å². The second-order valence-electron chi connectivity index (χ2n) is 6.14. The summed E-state index contributed by atoms with van der Waals surface area (Å²) >= 11 is 0. The molecule has 3 nitrogen and oxygen atoms in total. The fourth-order valence-electron chi connectivity index (χ4n) is 3.05. The Morgan fingerprint density at radius 2 is 2.11 bits per heavy atom. The van der Waals surface area contributed by atoms with Gasteiger partial charge in [0.05, 0.1) is 0 Å². The number of carbonyl (C=O) groups excluding carboxylic acids is 1. The van der Waals surface area contributed by atoms with Crippen LogP contribution in [-0.2, 0) is 11.2 Å². The minimum Gasteiger partial charge on any atom is -0.358 e. The molecule has 19 heavy (non-hydrogen) atoms. The number of nitrogens with zero attached hydrogens (tertiary/aromatic N) is 1. The van der Waals surface area contributed by atoms with Gasteiger partial charge in [-0.25, -0.2) is 0 Å². The molecule has 1 atom stereocenters. The van der Waals surface area contributed by atoms with Crippen LogP contribution in [0.1, 0.15) is 37.4 Å². The molecule has 0 saturated heterocycles. The molecular formula is C16H18N2O. The van der Waals surface area contributed by atoms with Crippen molar-refractivity contribution >= 4 is 6.29 Å². The molecule has 0 saturated carbocycles. The Bertz CT molecular complexity index is 598. The zero-order valence-corrected chi connectivity index (χ0v) is 11.3. The Kier molecular flexibility index (Phi) is 2.77. The molecule has 0 fully saturated rings. The maximum absolute atomic E-state index is 11.3. The fourth-order valence-corrected chi connectivity index (χ4v) is 3.05. The van der Waals surface area contributed by atoms with Gasteiger partial charge < -0.3 is 9.78 Å². The summed E-state index contributed by atoms with van der Waals surface area (Å²) in [7, 11) is 0. The molecule has 1 N–H and O–H groups in total. The van der Waals surface area contributed by atoms with E-state index in [1.807, 2.05) is 12.1 Å². The SMILES string of the molecule is CC1(C)Cc2[nH]c(-c3ccncc3)cc2C(C=O)C1. The first kappa shape index (κ1) is 12.2.